The van der Waals surface area contributed by atoms with E-state index in [4.69, 9.17) is 0 Å². The van der Waals surface area contributed by atoms with Gasteiger partial charge in [0, 0.05) is 0 Å². The van der Waals surface area contributed by atoms with Gasteiger partial charge in [-0.25, -0.2) is 0 Å². The Morgan fingerprint density at radius 2 is 0.500 bits per heavy atom. The summed E-state index contributed by atoms with van der Waals surface area (Å²) in [5.74, 6) is 0. The summed E-state index contributed by atoms with van der Waals surface area (Å²) in [6.45, 7) is 0. The fraction of sp³-hybridized carbons (Fsp3) is 1.00. The van der Waals surface area contributed by atoms with Gasteiger partial charge in [0.1, 0.15) is 0 Å². The van der Waals surface area contributed by atoms with E-state index in [1.165, 1.54) is 38.5 Å². The van der Waals surface area contributed by atoms with Gasteiger partial charge in [-0.15, -0.1) is 0 Å². The summed E-state index contributed by atoms with van der Waals surface area (Å²) in [4.78, 5) is 0. The van der Waals surface area contributed by atoms with Crippen molar-refractivity contribution in [3.63, 3.8) is 0 Å². The predicted octanol–water partition coefficient (Wildman–Crippen LogP) is 1.04. The molecule has 0 aromatic rings. The van der Waals surface area contributed by atoms with Crippen molar-refractivity contribution in [3.8, 4) is 0 Å². The Morgan fingerprint density at radius 3 is 0.625 bits per heavy atom. The molecule has 1 saturated carbocycles. The molecule has 1 fully saturated rings. The Kier molecular flexibility index (Phi) is 14.2. The zero-order valence-electron chi connectivity index (χ0n) is 4.24. The third kappa shape index (κ3) is 6.12. The van der Waals surface area contributed by atoms with Crippen molar-refractivity contribution in [2.24, 2.45) is 0 Å². The van der Waals surface area contributed by atoms with Crippen LogP contribution in [0.1, 0.15) is 38.5 Å². The maximum atomic E-state index is 1.50. The molecular formula is C6H14Na2. The molecule has 0 nitrogen and oxygen atoms in total. The van der Waals surface area contributed by atoms with E-state index in [-0.39, 0.29) is 59.1 Å². The fourth-order valence-corrected chi connectivity index (χ4v) is 1.06. The molecule has 0 saturated heterocycles. The van der Waals surface area contributed by atoms with Gasteiger partial charge in [-0.2, -0.15) is 0 Å². The van der Waals surface area contributed by atoms with Gasteiger partial charge >= 0.3 is 59.1 Å². The molecule has 0 N–H and O–H groups in total. The zero-order chi connectivity index (χ0) is 4.24. The molecule has 0 atom stereocenters. The number of hydrogen-bond acceptors (Lipinski definition) is 0. The van der Waals surface area contributed by atoms with Crippen LogP contribution in [0.15, 0.2) is 0 Å². The second-order valence-electron chi connectivity index (χ2n) is 2.12. The van der Waals surface area contributed by atoms with E-state index in [0.29, 0.717) is 0 Å². The molecule has 1 aliphatic rings. The maximum absolute atomic E-state index is 1.50. The molecule has 0 bridgehead atoms. The Labute approximate surface area is 96.4 Å². The van der Waals surface area contributed by atoms with Crippen LogP contribution in [0.3, 0.4) is 0 Å². The molecule has 0 amide bonds. The van der Waals surface area contributed by atoms with Gasteiger partial charge in [-0.1, -0.05) is 38.5 Å². The number of rotatable bonds is 0. The summed E-state index contributed by atoms with van der Waals surface area (Å²) in [7, 11) is 0. The predicted molar refractivity (Wildman–Crippen MR) is 42.0 cm³/mol. The van der Waals surface area contributed by atoms with Crippen LogP contribution < -0.4 is 0 Å². The fourth-order valence-electron chi connectivity index (χ4n) is 1.06. The molecular weight excluding hydrogens is 118 g/mol. The van der Waals surface area contributed by atoms with Crippen molar-refractivity contribution in [2.45, 2.75) is 38.5 Å². The molecule has 1 aliphatic carbocycles. The topological polar surface area (TPSA) is 0 Å². The Hall–Kier alpha value is 2.00. The van der Waals surface area contributed by atoms with Crippen LogP contribution in [0.5, 0.6) is 0 Å². The van der Waals surface area contributed by atoms with E-state index in [1.54, 1.807) is 0 Å². The van der Waals surface area contributed by atoms with E-state index in [0.717, 1.165) is 0 Å². The molecule has 0 aliphatic heterocycles. The van der Waals surface area contributed by atoms with Crippen molar-refractivity contribution in [1.29, 1.82) is 0 Å². The van der Waals surface area contributed by atoms with E-state index in [1.807, 2.05) is 0 Å². The van der Waals surface area contributed by atoms with Crippen molar-refractivity contribution in [1.82, 2.24) is 0 Å². The molecule has 40 valence electrons. The first-order chi connectivity index (χ1) is 3.00. The second kappa shape index (κ2) is 9.00. The standard InChI is InChI=1S/C6H12.2Na.2H/c1-2-4-6-5-3-1;;;;/h1-6H2;;;;. The third-order valence-corrected chi connectivity index (χ3v) is 1.50. The molecule has 0 heterocycles. The van der Waals surface area contributed by atoms with E-state index in [2.05, 4.69) is 0 Å². The van der Waals surface area contributed by atoms with Gasteiger partial charge in [0.05, 0.1) is 0 Å². The minimum atomic E-state index is 0. The first-order valence-corrected chi connectivity index (χ1v) is 3.00. The SMILES string of the molecule is C1CCCCC1.[NaH].[NaH]. The zero-order valence-corrected chi connectivity index (χ0v) is 4.24. The number of hydrogen-bond donors (Lipinski definition) is 0. The minimum absolute atomic E-state index is 0. The van der Waals surface area contributed by atoms with Crippen molar-refractivity contribution < 1.29 is 0 Å². The van der Waals surface area contributed by atoms with Crippen LogP contribution in [-0.2, 0) is 0 Å². The molecule has 0 aromatic heterocycles. The van der Waals surface area contributed by atoms with E-state index in [9.17, 15) is 0 Å². The van der Waals surface area contributed by atoms with Gasteiger partial charge in [-0.3, -0.25) is 0 Å². The van der Waals surface area contributed by atoms with E-state index < -0.39 is 0 Å². The molecule has 2 heteroatoms. The first-order valence-electron chi connectivity index (χ1n) is 3.00. The van der Waals surface area contributed by atoms with Gasteiger partial charge in [0.2, 0.25) is 0 Å². The summed E-state index contributed by atoms with van der Waals surface area (Å²) in [5.41, 5.74) is 0. The van der Waals surface area contributed by atoms with Crippen molar-refractivity contribution in [3.05, 3.63) is 0 Å². The third-order valence-electron chi connectivity index (χ3n) is 1.50. The van der Waals surface area contributed by atoms with Gasteiger partial charge < -0.3 is 0 Å². The molecule has 0 unspecified atom stereocenters. The molecule has 0 spiro atoms. The summed E-state index contributed by atoms with van der Waals surface area (Å²) >= 11 is 0. The normalized spacial score (nSPS) is 18.0. The van der Waals surface area contributed by atoms with Crippen LogP contribution in [0.2, 0.25) is 0 Å². The van der Waals surface area contributed by atoms with Gasteiger partial charge in [0.25, 0.3) is 0 Å². The summed E-state index contributed by atoms with van der Waals surface area (Å²) in [6.07, 6.45) is 9.00. The first kappa shape index (κ1) is 12.7. The molecule has 0 aromatic carbocycles. The van der Waals surface area contributed by atoms with Gasteiger partial charge in [-0.05, 0) is 0 Å². The van der Waals surface area contributed by atoms with Crippen LogP contribution in [0, 0.1) is 0 Å². The van der Waals surface area contributed by atoms with Crippen LogP contribution in [-0.4, -0.2) is 59.1 Å². The Balaban J connectivity index is 0. The van der Waals surface area contributed by atoms with E-state index >= 15 is 0 Å². The average Bonchev–Trinajstić information content (AvgIpc) is 1.72. The molecule has 1 rings (SSSR count). The monoisotopic (exact) mass is 132 g/mol. The summed E-state index contributed by atoms with van der Waals surface area (Å²) in [5, 5.41) is 0. The Bertz CT molecular complexity index is 22.0. The average molecular weight is 132 g/mol. The van der Waals surface area contributed by atoms with Gasteiger partial charge in [0.15, 0.2) is 0 Å². The van der Waals surface area contributed by atoms with Crippen LogP contribution in [0.4, 0.5) is 0 Å². The molecule has 0 radical (unpaired) electrons. The van der Waals surface area contributed by atoms with Crippen LogP contribution >= 0.6 is 0 Å². The van der Waals surface area contributed by atoms with Crippen molar-refractivity contribution >= 4 is 59.1 Å². The summed E-state index contributed by atoms with van der Waals surface area (Å²) in [6, 6.07) is 0. The van der Waals surface area contributed by atoms with Crippen LogP contribution in [0.25, 0.3) is 0 Å². The summed E-state index contributed by atoms with van der Waals surface area (Å²) < 4.78 is 0. The van der Waals surface area contributed by atoms with Crippen molar-refractivity contribution in [2.75, 3.05) is 0 Å². The molecule has 8 heavy (non-hydrogen) atoms. The quantitative estimate of drug-likeness (QED) is 0.432. The Morgan fingerprint density at radius 1 is 0.375 bits per heavy atom. The second-order valence-corrected chi connectivity index (χ2v) is 2.12.